The van der Waals surface area contributed by atoms with E-state index in [9.17, 15) is 0 Å². The van der Waals surface area contributed by atoms with Gasteiger partial charge in [-0.1, -0.05) is 71.4 Å². The Bertz CT molecular complexity index is 929. The Labute approximate surface area is 173 Å². The maximum atomic E-state index is 6.25. The molecule has 0 spiro atoms. The van der Waals surface area contributed by atoms with Crippen LogP contribution in [0.1, 0.15) is 24.4 Å². The van der Waals surface area contributed by atoms with Crippen molar-refractivity contribution in [1.82, 2.24) is 14.8 Å². The zero-order chi connectivity index (χ0) is 19.2. The average molecular weight is 420 g/mol. The first-order chi connectivity index (χ1) is 13.1. The topological polar surface area (TPSA) is 39.9 Å². The Hall–Kier alpha value is -1.95. The minimum atomic E-state index is -0.313. The van der Waals surface area contributed by atoms with Gasteiger partial charge in [-0.05, 0) is 30.7 Å². The van der Waals surface area contributed by atoms with E-state index in [1.807, 2.05) is 60.0 Å². The summed E-state index contributed by atoms with van der Waals surface area (Å²) in [6, 6.07) is 15.2. The highest BCUT2D eigenvalue weighted by Crippen LogP contribution is 2.31. The maximum Gasteiger partial charge on any atom is 0.191 e. The van der Waals surface area contributed by atoms with Gasteiger partial charge in [-0.25, -0.2) is 0 Å². The molecule has 0 radical (unpaired) electrons. The number of para-hydroxylation sites is 1. The van der Waals surface area contributed by atoms with E-state index < -0.39 is 0 Å². The lowest BCUT2D eigenvalue weighted by Gasteiger charge is -2.16. The molecule has 0 fully saturated rings. The third-order valence-corrected chi connectivity index (χ3v) is 5.57. The van der Waals surface area contributed by atoms with E-state index in [0.717, 1.165) is 21.6 Å². The first kappa shape index (κ1) is 19.8. The molecule has 27 heavy (non-hydrogen) atoms. The van der Waals surface area contributed by atoms with Gasteiger partial charge in [-0.3, -0.25) is 4.57 Å². The minimum Gasteiger partial charge on any atom is -0.481 e. The summed E-state index contributed by atoms with van der Waals surface area (Å²) in [5, 5.41) is 10.8. The monoisotopic (exact) mass is 419 g/mol. The molecule has 0 aliphatic heterocycles. The number of allylic oxidation sites excluding steroid dienone is 1. The van der Waals surface area contributed by atoms with E-state index in [1.54, 1.807) is 17.8 Å². The van der Waals surface area contributed by atoms with Gasteiger partial charge in [0.05, 0.1) is 5.02 Å². The van der Waals surface area contributed by atoms with Crippen LogP contribution in [0.3, 0.4) is 0 Å². The number of hydrogen-bond acceptors (Lipinski definition) is 4. The van der Waals surface area contributed by atoms with Gasteiger partial charge in [0.1, 0.15) is 5.75 Å². The third kappa shape index (κ3) is 4.86. The molecule has 1 atom stereocenters. The van der Waals surface area contributed by atoms with Crippen molar-refractivity contribution in [2.45, 2.75) is 30.5 Å². The average Bonchev–Trinajstić information content (AvgIpc) is 3.06. The van der Waals surface area contributed by atoms with E-state index in [4.69, 9.17) is 27.9 Å². The fourth-order valence-electron chi connectivity index (χ4n) is 2.55. The van der Waals surface area contributed by atoms with E-state index in [1.165, 1.54) is 0 Å². The molecule has 2 aromatic carbocycles. The second-order valence-corrected chi connectivity index (χ2v) is 7.57. The van der Waals surface area contributed by atoms with Gasteiger partial charge < -0.3 is 4.74 Å². The number of hydrogen-bond donors (Lipinski definition) is 0. The Kier molecular flexibility index (Phi) is 6.83. The SMILES string of the molecule is C=CCn1c(SCc2ccccc2Cl)nnc1C(C)Oc1ccccc1Cl. The molecule has 0 aliphatic carbocycles. The molecule has 3 rings (SSSR count). The molecular formula is C20H19Cl2N3OS. The zero-order valence-electron chi connectivity index (χ0n) is 14.8. The van der Waals surface area contributed by atoms with Crippen molar-refractivity contribution < 1.29 is 4.74 Å². The Balaban J connectivity index is 1.79. The smallest absolute Gasteiger partial charge is 0.191 e. The first-order valence-corrected chi connectivity index (χ1v) is 10.2. The summed E-state index contributed by atoms with van der Waals surface area (Å²) in [6.07, 6.45) is 1.50. The lowest BCUT2D eigenvalue weighted by Crippen LogP contribution is -2.12. The summed E-state index contributed by atoms with van der Waals surface area (Å²) in [4.78, 5) is 0. The molecule has 0 bridgehead atoms. The van der Waals surface area contributed by atoms with Crippen LogP contribution < -0.4 is 4.74 Å². The van der Waals surface area contributed by atoms with Gasteiger partial charge in [-0.15, -0.1) is 16.8 Å². The quantitative estimate of drug-likeness (QED) is 0.321. The number of rotatable bonds is 8. The molecule has 0 N–H and O–H groups in total. The summed E-state index contributed by atoms with van der Waals surface area (Å²) in [5.74, 6) is 2.04. The fourth-order valence-corrected chi connectivity index (χ4v) is 3.97. The highest BCUT2D eigenvalue weighted by molar-refractivity contribution is 7.98. The van der Waals surface area contributed by atoms with Gasteiger partial charge in [0.25, 0.3) is 0 Å². The lowest BCUT2D eigenvalue weighted by molar-refractivity contribution is 0.210. The highest BCUT2D eigenvalue weighted by Gasteiger charge is 2.20. The van der Waals surface area contributed by atoms with Gasteiger partial charge in [0.2, 0.25) is 0 Å². The van der Waals surface area contributed by atoms with Crippen LogP contribution in [0.5, 0.6) is 5.75 Å². The van der Waals surface area contributed by atoms with Crippen LogP contribution >= 0.6 is 35.0 Å². The van der Waals surface area contributed by atoms with Crippen LogP contribution in [0.25, 0.3) is 0 Å². The number of thioether (sulfide) groups is 1. The molecule has 4 nitrogen and oxygen atoms in total. The molecule has 7 heteroatoms. The maximum absolute atomic E-state index is 6.25. The molecule has 0 amide bonds. The van der Waals surface area contributed by atoms with Gasteiger partial charge in [0, 0.05) is 17.3 Å². The van der Waals surface area contributed by atoms with E-state index in [2.05, 4.69) is 16.8 Å². The van der Waals surface area contributed by atoms with Crippen LogP contribution in [0.15, 0.2) is 66.3 Å². The molecule has 140 valence electrons. The second-order valence-electron chi connectivity index (χ2n) is 5.81. The second kappa shape index (κ2) is 9.31. The number of aromatic nitrogens is 3. The van der Waals surface area contributed by atoms with Crippen LogP contribution in [-0.2, 0) is 12.3 Å². The van der Waals surface area contributed by atoms with Gasteiger partial charge >= 0.3 is 0 Å². The minimum absolute atomic E-state index is 0.313. The van der Waals surface area contributed by atoms with Gasteiger partial charge in [0.15, 0.2) is 17.1 Å². The molecule has 1 aromatic heterocycles. The van der Waals surface area contributed by atoms with E-state index in [0.29, 0.717) is 23.1 Å². The van der Waals surface area contributed by atoms with Crippen molar-refractivity contribution in [3.05, 3.63) is 82.6 Å². The summed E-state index contributed by atoms with van der Waals surface area (Å²) in [7, 11) is 0. The molecule has 3 aromatic rings. The zero-order valence-corrected chi connectivity index (χ0v) is 17.1. The Morgan fingerprint density at radius 3 is 2.52 bits per heavy atom. The lowest BCUT2D eigenvalue weighted by atomic mass is 10.2. The van der Waals surface area contributed by atoms with Crippen molar-refractivity contribution in [2.24, 2.45) is 0 Å². The predicted molar refractivity (Wildman–Crippen MR) is 112 cm³/mol. The molecule has 1 unspecified atom stereocenters. The van der Waals surface area contributed by atoms with Crippen LogP contribution in [0.4, 0.5) is 0 Å². The number of nitrogens with zero attached hydrogens (tertiary/aromatic N) is 3. The van der Waals surface area contributed by atoms with E-state index in [-0.39, 0.29) is 6.10 Å². The summed E-state index contributed by atoms with van der Waals surface area (Å²) in [5.41, 5.74) is 1.05. The van der Waals surface area contributed by atoms with Crippen molar-refractivity contribution >= 4 is 35.0 Å². The fraction of sp³-hybridized carbons (Fsp3) is 0.200. The first-order valence-electron chi connectivity index (χ1n) is 8.41. The highest BCUT2D eigenvalue weighted by atomic mass is 35.5. The van der Waals surface area contributed by atoms with Crippen molar-refractivity contribution in [2.75, 3.05) is 0 Å². The Morgan fingerprint density at radius 2 is 1.81 bits per heavy atom. The van der Waals surface area contributed by atoms with Crippen molar-refractivity contribution in [3.8, 4) is 5.75 Å². The third-order valence-electron chi connectivity index (χ3n) is 3.88. The molecular weight excluding hydrogens is 401 g/mol. The number of ether oxygens (including phenoxy) is 1. The molecule has 0 saturated heterocycles. The predicted octanol–water partition coefficient (Wildman–Crippen LogP) is 6.20. The molecule has 1 heterocycles. The normalized spacial score (nSPS) is 12.0. The Morgan fingerprint density at radius 1 is 1.11 bits per heavy atom. The van der Waals surface area contributed by atoms with Crippen LogP contribution in [-0.4, -0.2) is 14.8 Å². The number of benzene rings is 2. The molecule has 0 aliphatic rings. The summed E-state index contributed by atoms with van der Waals surface area (Å²) < 4.78 is 7.99. The largest absolute Gasteiger partial charge is 0.481 e. The van der Waals surface area contributed by atoms with E-state index >= 15 is 0 Å². The number of halogens is 2. The van der Waals surface area contributed by atoms with Crippen LogP contribution in [0.2, 0.25) is 10.0 Å². The van der Waals surface area contributed by atoms with Crippen LogP contribution in [0, 0.1) is 0 Å². The van der Waals surface area contributed by atoms with Gasteiger partial charge in [-0.2, -0.15) is 0 Å². The summed E-state index contributed by atoms with van der Waals surface area (Å²) >= 11 is 14.0. The van der Waals surface area contributed by atoms with Crippen molar-refractivity contribution in [3.63, 3.8) is 0 Å². The van der Waals surface area contributed by atoms with Crippen molar-refractivity contribution in [1.29, 1.82) is 0 Å². The molecule has 0 saturated carbocycles. The standard InChI is InChI=1S/C20H19Cl2N3OS/c1-3-12-25-19(14(2)26-18-11-7-6-10-17(18)22)23-24-20(25)27-13-15-8-4-5-9-16(15)21/h3-11,14H,1,12-13H2,2H3. The summed E-state index contributed by atoms with van der Waals surface area (Å²) in [6.45, 7) is 6.35.